The van der Waals surface area contributed by atoms with Crippen LogP contribution in [-0.4, -0.2) is 7.11 Å². The van der Waals surface area contributed by atoms with Crippen molar-refractivity contribution in [2.75, 3.05) is 12.4 Å². The Bertz CT molecular complexity index is 545. The summed E-state index contributed by atoms with van der Waals surface area (Å²) in [5.41, 5.74) is 1.71. The van der Waals surface area contributed by atoms with Gasteiger partial charge in [0.1, 0.15) is 11.6 Å². The molecule has 0 unspecified atom stereocenters. The van der Waals surface area contributed by atoms with E-state index in [0.717, 1.165) is 11.3 Å². The van der Waals surface area contributed by atoms with Crippen molar-refractivity contribution in [2.24, 2.45) is 0 Å². The maximum absolute atomic E-state index is 12.9. The average Bonchev–Trinajstić information content (AvgIpc) is 2.38. The molecule has 1 N–H and O–H groups in total. The van der Waals surface area contributed by atoms with Gasteiger partial charge in [0.05, 0.1) is 17.8 Å². The van der Waals surface area contributed by atoms with Crippen molar-refractivity contribution in [2.45, 2.75) is 6.54 Å². The molecule has 2 nitrogen and oxygen atoms in total. The van der Waals surface area contributed by atoms with E-state index < -0.39 is 0 Å². The lowest BCUT2D eigenvalue weighted by Gasteiger charge is -2.11. The number of nitrogens with one attached hydrogen (secondary N) is 1. The highest BCUT2D eigenvalue weighted by atomic mass is 35.5. The second-order valence-electron chi connectivity index (χ2n) is 3.79. The van der Waals surface area contributed by atoms with Crippen molar-refractivity contribution in [3.63, 3.8) is 0 Å². The lowest BCUT2D eigenvalue weighted by Crippen LogP contribution is -2.02. The van der Waals surface area contributed by atoms with Gasteiger partial charge in [-0.15, -0.1) is 0 Å². The molecule has 0 aliphatic rings. The summed E-state index contributed by atoms with van der Waals surface area (Å²) in [5, 5.41) is 3.52. The molecule has 2 aromatic rings. The first-order valence-electron chi connectivity index (χ1n) is 5.51. The van der Waals surface area contributed by atoms with Crippen LogP contribution in [0.4, 0.5) is 10.1 Å². The van der Waals surface area contributed by atoms with Gasteiger partial charge in [-0.1, -0.05) is 29.8 Å². The number of halogens is 2. The summed E-state index contributed by atoms with van der Waals surface area (Å²) in [5.74, 6) is 0.464. The molecule has 4 heteroatoms. The van der Waals surface area contributed by atoms with E-state index in [1.165, 1.54) is 12.1 Å². The lowest BCUT2D eigenvalue weighted by molar-refractivity contribution is 0.410. The SMILES string of the molecule is COc1ccccc1CNc1ccc(F)cc1Cl. The summed E-state index contributed by atoms with van der Waals surface area (Å²) in [4.78, 5) is 0. The molecule has 0 radical (unpaired) electrons. The number of ether oxygens (including phenoxy) is 1. The molecular formula is C14H13ClFNO. The molecule has 0 fully saturated rings. The monoisotopic (exact) mass is 265 g/mol. The van der Waals surface area contributed by atoms with Crippen LogP contribution in [0.1, 0.15) is 5.56 Å². The van der Waals surface area contributed by atoms with Gasteiger partial charge in [-0.2, -0.15) is 0 Å². The van der Waals surface area contributed by atoms with Crippen LogP contribution in [0.5, 0.6) is 5.75 Å². The normalized spacial score (nSPS) is 10.2. The van der Waals surface area contributed by atoms with Crippen molar-refractivity contribution < 1.29 is 9.13 Å². The van der Waals surface area contributed by atoms with Gasteiger partial charge in [0.2, 0.25) is 0 Å². The minimum atomic E-state index is -0.345. The fraction of sp³-hybridized carbons (Fsp3) is 0.143. The predicted octanol–water partition coefficient (Wildman–Crippen LogP) is 4.10. The number of methoxy groups -OCH3 is 1. The van der Waals surface area contributed by atoms with Gasteiger partial charge >= 0.3 is 0 Å². The van der Waals surface area contributed by atoms with E-state index in [4.69, 9.17) is 16.3 Å². The standard InChI is InChI=1S/C14H13ClFNO/c1-18-14-5-3-2-4-10(14)9-17-13-7-6-11(16)8-12(13)15/h2-8,17H,9H2,1H3. The first-order valence-corrected chi connectivity index (χ1v) is 5.89. The van der Waals surface area contributed by atoms with Crippen molar-refractivity contribution in [3.05, 3.63) is 58.9 Å². The summed E-state index contributed by atoms with van der Waals surface area (Å²) < 4.78 is 18.1. The molecule has 0 heterocycles. The second-order valence-corrected chi connectivity index (χ2v) is 4.20. The van der Waals surface area contributed by atoms with Crippen molar-refractivity contribution >= 4 is 17.3 Å². The van der Waals surface area contributed by atoms with Gasteiger partial charge in [-0.3, -0.25) is 0 Å². The zero-order valence-corrected chi connectivity index (χ0v) is 10.7. The molecule has 0 bridgehead atoms. The Hall–Kier alpha value is -1.74. The number of anilines is 1. The average molecular weight is 266 g/mol. The minimum Gasteiger partial charge on any atom is -0.496 e. The minimum absolute atomic E-state index is 0.345. The largest absolute Gasteiger partial charge is 0.496 e. The van der Waals surface area contributed by atoms with Gasteiger partial charge in [0.25, 0.3) is 0 Å². The molecule has 0 atom stereocenters. The van der Waals surface area contributed by atoms with Crippen LogP contribution >= 0.6 is 11.6 Å². The Balaban J connectivity index is 2.11. The molecular weight excluding hydrogens is 253 g/mol. The number of benzene rings is 2. The first-order chi connectivity index (χ1) is 8.70. The zero-order valence-electron chi connectivity index (χ0n) is 9.91. The van der Waals surface area contributed by atoms with E-state index in [0.29, 0.717) is 17.3 Å². The second kappa shape index (κ2) is 5.74. The van der Waals surface area contributed by atoms with Crippen LogP contribution in [0, 0.1) is 5.82 Å². The Morgan fingerprint density at radius 2 is 2.00 bits per heavy atom. The van der Waals surface area contributed by atoms with Crippen LogP contribution in [0.3, 0.4) is 0 Å². The van der Waals surface area contributed by atoms with Crippen LogP contribution in [0.2, 0.25) is 5.02 Å². The van der Waals surface area contributed by atoms with E-state index in [1.807, 2.05) is 24.3 Å². The summed E-state index contributed by atoms with van der Waals surface area (Å²) >= 11 is 5.94. The smallest absolute Gasteiger partial charge is 0.124 e. The molecule has 0 saturated carbocycles. The van der Waals surface area contributed by atoms with Crippen molar-refractivity contribution in [1.29, 1.82) is 0 Å². The Morgan fingerprint density at radius 1 is 1.22 bits per heavy atom. The summed E-state index contributed by atoms with van der Waals surface area (Å²) in [7, 11) is 1.63. The van der Waals surface area contributed by atoms with Gasteiger partial charge in [0, 0.05) is 12.1 Å². The fourth-order valence-corrected chi connectivity index (χ4v) is 1.91. The summed E-state index contributed by atoms with van der Waals surface area (Å²) in [6.45, 7) is 0.565. The van der Waals surface area contributed by atoms with E-state index in [-0.39, 0.29) is 5.82 Å². The third kappa shape index (κ3) is 2.93. The van der Waals surface area contributed by atoms with E-state index in [1.54, 1.807) is 13.2 Å². The summed E-state index contributed by atoms with van der Waals surface area (Å²) in [6.07, 6.45) is 0. The van der Waals surface area contributed by atoms with Crippen molar-refractivity contribution in [1.82, 2.24) is 0 Å². The predicted molar refractivity (Wildman–Crippen MR) is 71.7 cm³/mol. The van der Waals surface area contributed by atoms with Gasteiger partial charge < -0.3 is 10.1 Å². The number of hydrogen-bond acceptors (Lipinski definition) is 2. The third-order valence-corrected chi connectivity index (χ3v) is 2.91. The quantitative estimate of drug-likeness (QED) is 0.899. The maximum Gasteiger partial charge on any atom is 0.124 e. The van der Waals surface area contributed by atoms with E-state index in [2.05, 4.69) is 5.32 Å². The molecule has 18 heavy (non-hydrogen) atoms. The molecule has 0 spiro atoms. The van der Waals surface area contributed by atoms with Gasteiger partial charge in [0.15, 0.2) is 0 Å². The van der Waals surface area contributed by atoms with Crippen LogP contribution in [-0.2, 0) is 6.54 Å². The first kappa shape index (κ1) is 12.7. The topological polar surface area (TPSA) is 21.3 Å². The maximum atomic E-state index is 12.9. The number of hydrogen-bond donors (Lipinski definition) is 1. The van der Waals surface area contributed by atoms with Crippen LogP contribution in [0.25, 0.3) is 0 Å². The number of rotatable bonds is 4. The molecule has 0 amide bonds. The molecule has 2 rings (SSSR count). The van der Waals surface area contributed by atoms with Gasteiger partial charge in [-0.05, 0) is 24.3 Å². The lowest BCUT2D eigenvalue weighted by atomic mass is 10.2. The van der Waals surface area contributed by atoms with Gasteiger partial charge in [-0.25, -0.2) is 4.39 Å². The molecule has 94 valence electrons. The highest BCUT2D eigenvalue weighted by molar-refractivity contribution is 6.33. The summed E-state index contributed by atoms with van der Waals surface area (Å²) in [6, 6.07) is 12.0. The fourth-order valence-electron chi connectivity index (χ4n) is 1.67. The molecule has 0 aliphatic carbocycles. The van der Waals surface area contributed by atoms with Crippen molar-refractivity contribution in [3.8, 4) is 5.75 Å². The highest BCUT2D eigenvalue weighted by Gasteiger charge is 2.04. The molecule has 0 aromatic heterocycles. The number of para-hydroxylation sites is 1. The van der Waals surface area contributed by atoms with Crippen LogP contribution in [0.15, 0.2) is 42.5 Å². The molecule has 0 saturated heterocycles. The highest BCUT2D eigenvalue weighted by Crippen LogP contribution is 2.24. The Labute approximate surface area is 110 Å². The molecule has 0 aliphatic heterocycles. The van der Waals surface area contributed by atoms with Crippen LogP contribution < -0.4 is 10.1 Å². The third-order valence-electron chi connectivity index (χ3n) is 2.59. The Morgan fingerprint density at radius 3 is 2.72 bits per heavy atom. The van der Waals surface area contributed by atoms with E-state index >= 15 is 0 Å². The Kier molecular flexibility index (Phi) is 4.05. The molecule has 2 aromatic carbocycles. The van der Waals surface area contributed by atoms with E-state index in [9.17, 15) is 4.39 Å². The zero-order chi connectivity index (χ0) is 13.0.